The number of esters is 2. The third kappa shape index (κ3) is 4.32. The number of allylic oxidation sites excluding steroid dienone is 5. The third-order valence-corrected chi connectivity index (χ3v) is 11.3. The number of phenolic OH excluding ortho intramolecular Hbond substituents is 1. The summed E-state index contributed by atoms with van der Waals surface area (Å²) >= 11 is 0. The number of phenols is 1. The Kier molecular flexibility index (Phi) is 7.60. The molecule has 5 atom stereocenters. The molecule has 2 aromatic carbocycles. The summed E-state index contributed by atoms with van der Waals surface area (Å²) < 4.78 is 12.4. The molecule has 2 aliphatic heterocycles. The van der Waals surface area contributed by atoms with Crippen LogP contribution in [0.5, 0.6) is 5.75 Å². The van der Waals surface area contributed by atoms with Crippen LogP contribution in [0.2, 0.25) is 0 Å². The monoisotopic (exact) mass is 606 g/mol. The van der Waals surface area contributed by atoms with Gasteiger partial charge in [-0.25, -0.2) is 9.59 Å². The van der Waals surface area contributed by atoms with E-state index in [1.165, 1.54) is 5.56 Å². The summed E-state index contributed by atoms with van der Waals surface area (Å²) in [6.07, 6.45) is 10.9. The number of carbonyl (C=O) groups excluding carboxylic acids is 2. The van der Waals surface area contributed by atoms with E-state index in [4.69, 9.17) is 9.47 Å². The fourth-order valence-corrected chi connectivity index (χ4v) is 9.66. The van der Waals surface area contributed by atoms with Crippen LogP contribution in [0.3, 0.4) is 0 Å². The van der Waals surface area contributed by atoms with Gasteiger partial charge >= 0.3 is 11.9 Å². The number of cyclic esters (lactones) is 2. The van der Waals surface area contributed by atoms with Crippen LogP contribution >= 0.6 is 0 Å². The molecule has 1 saturated carbocycles. The quantitative estimate of drug-likeness (QED) is 0.286. The van der Waals surface area contributed by atoms with Crippen molar-refractivity contribution in [1.82, 2.24) is 0 Å². The molecule has 6 aliphatic rings. The highest BCUT2D eigenvalue weighted by atomic mass is 16.6. The Morgan fingerprint density at radius 2 is 1.80 bits per heavy atom. The zero-order chi connectivity index (χ0) is 31.3. The van der Waals surface area contributed by atoms with Gasteiger partial charge in [-0.05, 0) is 110 Å². The van der Waals surface area contributed by atoms with Gasteiger partial charge in [0.15, 0.2) is 0 Å². The van der Waals surface area contributed by atoms with E-state index in [0.29, 0.717) is 41.9 Å². The van der Waals surface area contributed by atoms with Crippen molar-refractivity contribution in [2.45, 2.75) is 71.6 Å². The molecule has 2 N–H and O–H groups in total. The minimum atomic E-state index is -0.933. The van der Waals surface area contributed by atoms with Crippen molar-refractivity contribution in [3.63, 3.8) is 0 Å². The maximum atomic E-state index is 14.3. The van der Waals surface area contributed by atoms with Gasteiger partial charge < -0.3 is 19.7 Å². The molecule has 4 aliphatic carbocycles. The molecule has 6 nitrogen and oxygen atoms in total. The van der Waals surface area contributed by atoms with Gasteiger partial charge in [0.25, 0.3) is 0 Å². The zero-order valence-electron chi connectivity index (χ0n) is 26.2. The Labute approximate surface area is 265 Å². The molecule has 2 fully saturated rings. The summed E-state index contributed by atoms with van der Waals surface area (Å²) in [5.41, 5.74) is 3.36. The lowest BCUT2D eigenvalue weighted by Gasteiger charge is -2.64. The largest absolute Gasteiger partial charge is 0.508 e. The summed E-state index contributed by atoms with van der Waals surface area (Å²) in [7, 11) is 0. The smallest absolute Gasteiger partial charge is 0.340 e. The van der Waals surface area contributed by atoms with E-state index < -0.39 is 10.8 Å². The summed E-state index contributed by atoms with van der Waals surface area (Å²) in [5, 5.41) is 21.3. The predicted octanol–water partition coefficient (Wildman–Crippen LogP) is 7.58. The van der Waals surface area contributed by atoms with E-state index in [2.05, 4.69) is 32.1 Å². The predicted molar refractivity (Wildman–Crippen MR) is 171 cm³/mol. The molecule has 234 valence electrons. The Balaban J connectivity index is 1.51. The molecule has 1 saturated heterocycles. The first-order valence-electron chi connectivity index (χ1n) is 16.7. The molecule has 6 heteroatoms. The standard InChI is InChI=1S/C39H42O6/c1-3-5-14-31-29-15-16-30-28-17-18-39(38(30,19-20-40)34(29)36(42)44-31)32(22-24(4-2)21-25-10-7-6-8-11-25)45-37(43)35(39)33(28)26-12-9-13-27(41)23-26/h6-14,22-24,28,30,40-41H,3-5,15-21H2,1-2H3. The fraction of sp³-hybridized carbons (Fsp3) is 0.436. The Hall–Kier alpha value is -3.90. The molecule has 0 aromatic heterocycles. The summed E-state index contributed by atoms with van der Waals surface area (Å²) in [4.78, 5) is 28.4. The number of ether oxygens (including phenoxy) is 2. The van der Waals surface area contributed by atoms with Crippen LogP contribution < -0.4 is 0 Å². The van der Waals surface area contributed by atoms with Crippen molar-refractivity contribution in [1.29, 1.82) is 0 Å². The maximum absolute atomic E-state index is 14.3. The lowest BCUT2D eigenvalue weighted by molar-refractivity contribution is -0.138. The van der Waals surface area contributed by atoms with Gasteiger partial charge in [0.2, 0.25) is 0 Å². The normalized spacial score (nSPS) is 30.8. The molecule has 2 heterocycles. The van der Waals surface area contributed by atoms with Gasteiger partial charge in [-0.1, -0.05) is 62.7 Å². The first kappa shape index (κ1) is 29.8. The van der Waals surface area contributed by atoms with Crippen LogP contribution in [0.1, 0.15) is 76.3 Å². The van der Waals surface area contributed by atoms with Crippen molar-refractivity contribution in [2.75, 3.05) is 6.61 Å². The summed E-state index contributed by atoms with van der Waals surface area (Å²) in [6, 6.07) is 17.5. The lowest BCUT2D eigenvalue weighted by Crippen LogP contribution is -2.60. The van der Waals surface area contributed by atoms with Crippen LogP contribution in [0, 0.1) is 28.6 Å². The molecule has 2 bridgehead atoms. The summed E-state index contributed by atoms with van der Waals surface area (Å²) in [6.45, 7) is 4.13. The van der Waals surface area contributed by atoms with E-state index in [1.54, 1.807) is 12.1 Å². The number of unbranched alkanes of at least 4 members (excludes halogenated alkanes) is 1. The molecule has 0 amide bonds. The second kappa shape index (κ2) is 11.5. The maximum Gasteiger partial charge on any atom is 0.340 e. The Bertz CT molecular complexity index is 1660. The first-order chi connectivity index (χ1) is 21.9. The fourth-order valence-electron chi connectivity index (χ4n) is 9.66. The summed E-state index contributed by atoms with van der Waals surface area (Å²) in [5.74, 6) is 0.749. The molecular formula is C39H42O6. The van der Waals surface area contributed by atoms with Gasteiger partial charge in [0.1, 0.15) is 17.3 Å². The highest BCUT2D eigenvalue weighted by molar-refractivity contribution is 6.07. The molecule has 8 rings (SSSR count). The Morgan fingerprint density at radius 3 is 2.53 bits per heavy atom. The van der Waals surface area contributed by atoms with Gasteiger partial charge in [-0.3, -0.25) is 0 Å². The topological polar surface area (TPSA) is 93.1 Å². The number of hydrogen-bond acceptors (Lipinski definition) is 6. The van der Waals surface area contributed by atoms with E-state index in [0.717, 1.165) is 55.2 Å². The van der Waals surface area contributed by atoms with Crippen LogP contribution in [0.4, 0.5) is 0 Å². The molecular weight excluding hydrogens is 564 g/mol. The second-order valence-electron chi connectivity index (χ2n) is 13.4. The van der Waals surface area contributed by atoms with Gasteiger partial charge in [0.05, 0.1) is 16.6 Å². The average molecular weight is 607 g/mol. The molecule has 0 radical (unpaired) electrons. The van der Waals surface area contributed by atoms with Crippen molar-refractivity contribution in [2.24, 2.45) is 28.6 Å². The first-order valence-corrected chi connectivity index (χ1v) is 16.7. The van der Waals surface area contributed by atoms with Crippen LogP contribution in [-0.4, -0.2) is 28.8 Å². The number of hydrogen-bond donors (Lipinski definition) is 2. The highest BCUT2D eigenvalue weighted by Crippen LogP contribution is 2.78. The van der Waals surface area contributed by atoms with Crippen LogP contribution in [0.25, 0.3) is 5.57 Å². The van der Waals surface area contributed by atoms with Crippen molar-refractivity contribution in [3.05, 3.63) is 106 Å². The number of aliphatic hydroxyl groups excluding tert-OH is 1. The number of benzene rings is 2. The zero-order valence-corrected chi connectivity index (χ0v) is 26.2. The van der Waals surface area contributed by atoms with E-state index >= 15 is 0 Å². The van der Waals surface area contributed by atoms with Crippen LogP contribution in [0.15, 0.2) is 95.0 Å². The molecule has 5 unspecified atom stereocenters. The number of carbonyl (C=O) groups is 2. The van der Waals surface area contributed by atoms with Crippen molar-refractivity contribution < 1.29 is 29.3 Å². The minimum absolute atomic E-state index is 0.0107. The highest BCUT2D eigenvalue weighted by Gasteiger charge is 2.75. The van der Waals surface area contributed by atoms with Gasteiger partial charge in [-0.15, -0.1) is 0 Å². The van der Waals surface area contributed by atoms with Crippen molar-refractivity contribution >= 4 is 17.5 Å². The minimum Gasteiger partial charge on any atom is -0.508 e. The van der Waals surface area contributed by atoms with Crippen molar-refractivity contribution in [3.8, 4) is 5.75 Å². The van der Waals surface area contributed by atoms with Gasteiger partial charge in [-0.2, -0.15) is 0 Å². The Morgan fingerprint density at radius 1 is 1.00 bits per heavy atom. The van der Waals surface area contributed by atoms with Gasteiger partial charge in [0, 0.05) is 17.6 Å². The van der Waals surface area contributed by atoms with E-state index in [9.17, 15) is 19.8 Å². The van der Waals surface area contributed by atoms with E-state index in [-0.39, 0.29) is 42.0 Å². The molecule has 2 aromatic rings. The SMILES string of the molecule is CCCC=C1OC(=O)C2=C1CCC1C3CCC4(C(=CC(CC)Cc5ccccc5)OC(=O)C4=C3c3cccc(O)c3)C21CCO. The number of aliphatic hydroxyl groups is 1. The third-order valence-electron chi connectivity index (χ3n) is 11.3. The molecule has 45 heavy (non-hydrogen) atoms. The molecule has 1 spiro atoms. The number of rotatable bonds is 9. The average Bonchev–Trinajstić information content (AvgIpc) is 3.53. The number of aromatic hydroxyl groups is 1. The van der Waals surface area contributed by atoms with E-state index in [1.807, 2.05) is 36.4 Å². The second-order valence-corrected chi connectivity index (χ2v) is 13.4. The lowest BCUT2D eigenvalue weighted by atomic mass is 9.36. The number of fused-ring (bicyclic) bond motifs is 1. The van der Waals surface area contributed by atoms with Crippen LogP contribution in [-0.2, 0) is 25.5 Å².